The molecule has 1 heterocycles. The zero-order chi connectivity index (χ0) is 10.8. The van der Waals surface area contributed by atoms with E-state index in [-0.39, 0.29) is 11.3 Å². The molecule has 0 aromatic carbocycles. The number of ether oxygens (including phenoxy) is 1. The van der Waals surface area contributed by atoms with Gasteiger partial charge in [-0.25, -0.2) is 0 Å². The summed E-state index contributed by atoms with van der Waals surface area (Å²) in [6.07, 6.45) is 0. The average molecular weight is 200 g/mol. The molecular weight excluding hydrogens is 180 g/mol. The number of carbonyl (C=O) groups is 1. The van der Waals surface area contributed by atoms with Gasteiger partial charge in [0.05, 0.1) is 18.8 Å². The zero-order valence-electron chi connectivity index (χ0n) is 9.44. The maximum absolute atomic E-state index is 11.7. The highest BCUT2D eigenvalue weighted by Crippen LogP contribution is 2.25. The van der Waals surface area contributed by atoms with Crippen molar-refractivity contribution in [3.63, 3.8) is 0 Å². The van der Waals surface area contributed by atoms with Gasteiger partial charge >= 0.3 is 0 Å². The van der Waals surface area contributed by atoms with Gasteiger partial charge in [-0.3, -0.25) is 4.79 Å². The molecule has 82 valence electrons. The molecular formula is C10H20N2O2. The van der Waals surface area contributed by atoms with Crippen molar-refractivity contribution in [3.05, 3.63) is 0 Å². The highest BCUT2D eigenvalue weighted by atomic mass is 16.5. The van der Waals surface area contributed by atoms with Gasteiger partial charge in [0.15, 0.2) is 0 Å². The summed E-state index contributed by atoms with van der Waals surface area (Å²) in [6.45, 7) is 8.02. The van der Waals surface area contributed by atoms with E-state index in [0.29, 0.717) is 6.54 Å². The van der Waals surface area contributed by atoms with E-state index in [4.69, 9.17) is 4.74 Å². The van der Waals surface area contributed by atoms with E-state index in [9.17, 15) is 4.79 Å². The lowest BCUT2D eigenvalue weighted by atomic mass is 9.88. The molecule has 1 aliphatic rings. The van der Waals surface area contributed by atoms with Gasteiger partial charge in [-0.05, 0) is 20.9 Å². The van der Waals surface area contributed by atoms with Crippen molar-refractivity contribution in [1.82, 2.24) is 10.6 Å². The number of likely N-dealkylation sites (N-methyl/N-ethyl adjacent to an activating group) is 1. The topological polar surface area (TPSA) is 50.4 Å². The van der Waals surface area contributed by atoms with Crippen LogP contribution < -0.4 is 10.6 Å². The Morgan fingerprint density at radius 2 is 2.07 bits per heavy atom. The van der Waals surface area contributed by atoms with Gasteiger partial charge in [0.1, 0.15) is 0 Å². The molecule has 1 fully saturated rings. The van der Waals surface area contributed by atoms with Gasteiger partial charge in [-0.15, -0.1) is 0 Å². The Morgan fingerprint density at radius 3 is 2.43 bits per heavy atom. The first-order chi connectivity index (χ1) is 6.40. The molecule has 1 saturated heterocycles. The molecule has 4 nitrogen and oxygen atoms in total. The molecule has 0 aliphatic carbocycles. The molecule has 0 saturated carbocycles. The van der Waals surface area contributed by atoms with Crippen LogP contribution in [0.2, 0.25) is 0 Å². The van der Waals surface area contributed by atoms with Gasteiger partial charge in [0.25, 0.3) is 0 Å². The van der Waals surface area contributed by atoms with E-state index in [2.05, 4.69) is 17.6 Å². The summed E-state index contributed by atoms with van der Waals surface area (Å²) < 4.78 is 5.12. The Hall–Kier alpha value is -0.610. The van der Waals surface area contributed by atoms with Crippen molar-refractivity contribution in [2.24, 2.45) is 5.41 Å². The highest BCUT2D eigenvalue weighted by molar-refractivity contribution is 5.85. The second kappa shape index (κ2) is 3.87. The van der Waals surface area contributed by atoms with Crippen LogP contribution in [0.15, 0.2) is 0 Å². The molecule has 0 spiro atoms. The first-order valence-electron chi connectivity index (χ1n) is 4.95. The van der Waals surface area contributed by atoms with Crippen molar-refractivity contribution in [1.29, 1.82) is 0 Å². The maximum atomic E-state index is 11.7. The summed E-state index contributed by atoms with van der Waals surface area (Å²) in [5, 5.41) is 5.90. The summed E-state index contributed by atoms with van der Waals surface area (Å²) in [4.78, 5) is 11.7. The van der Waals surface area contributed by atoms with Crippen molar-refractivity contribution < 1.29 is 9.53 Å². The Bertz CT molecular complexity index is 222. The SMILES string of the molecule is CNC(C)(C)C(=O)NCC1(C)COC1. The fraction of sp³-hybridized carbons (Fsp3) is 0.900. The molecule has 0 radical (unpaired) electrons. The van der Waals surface area contributed by atoms with E-state index >= 15 is 0 Å². The average Bonchev–Trinajstić information content (AvgIpc) is 2.11. The van der Waals surface area contributed by atoms with Crippen LogP contribution in [0.3, 0.4) is 0 Å². The van der Waals surface area contributed by atoms with Gasteiger partial charge in [-0.1, -0.05) is 6.92 Å². The molecule has 0 aromatic heterocycles. The minimum atomic E-state index is -0.499. The highest BCUT2D eigenvalue weighted by Gasteiger charge is 2.35. The third-order valence-corrected chi connectivity index (χ3v) is 2.77. The van der Waals surface area contributed by atoms with Crippen molar-refractivity contribution in [2.75, 3.05) is 26.8 Å². The van der Waals surface area contributed by atoms with E-state index in [1.54, 1.807) is 7.05 Å². The molecule has 4 heteroatoms. The molecule has 14 heavy (non-hydrogen) atoms. The van der Waals surface area contributed by atoms with Gasteiger partial charge in [-0.2, -0.15) is 0 Å². The van der Waals surface area contributed by atoms with Gasteiger partial charge in [0, 0.05) is 12.0 Å². The molecule has 1 amide bonds. The summed E-state index contributed by atoms with van der Waals surface area (Å²) in [5.41, 5.74) is -0.361. The fourth-order valence-electron chi connectivity index (χ4n) is 1.18. The second-order valence-electron chi connectivity index (χ2n) is 4.86. The van der Waals surface area contributed by atoms with Crippen LogP contribution in [-0.4, -0.2) is 38.3 Å². The standard InChI is InChI=1S/C10H20N2O2/c1-9(2,11-4)8(13)12-5-10(3)6-14-7-10/h11H,5-7H2,1-4H3,(H,12,13). The van der Waals surface area contributed by atoms with Gasteiger partial charge in [0.2, 0.25) is 5.91 Å². The summed E-state index contributed by atoms with van der Waals surface area (Å²) in [7, 11) is 1.79. The van der Waals surface area contributed by atoms with Crippen LogP contribution in [0.1, 0.15) is 20.8 Å². The summed E-state index contributed by atoms with van der Waals surface area (Å²) in [5.74, 6) is 0.0353. The normalized spacial score (nSPS) is 20.0. The molecule has 0 atom stereocenters. The zero-order valence-corrected chi connectivity index (χ0v) is 9.44. The monoisotopic (exact) mass is 200 g/mol. The Balaban J connectivity index is 2.34. The van der Waals surface area contributed by atoms with Crippen LogP contribution in [0.5, 0.6) is 0 Å². The van der Waals surface area contributed by atoms with Crippen LogP contribution in [0.25, 0.3) is 0 Å². The number of rotatable bonds is 4. The molecule has 1 aliphatic heterocycles. The number of hydrogen-bond acceptors (Lipinski definition) is 3. The number of carbonyl (C=O) groups excluding carboxylic acids is 1. The third kappa shape index (κ3) is 2.45. The first-order valence-corrected chi connectivity index (χ1v) is 4.95. The van der Waals surface area contributed by atoms with Crippen LogP contribution in [-0.2, 0) is 9.53 Å². The second-order valence-corrected chi connectivity index (χ2v) is 4.86. The lowest BCUT2D eigenvalue weighted by Gasteiger charge is -2.38. The smallest absolute Gasteiger partial charge is 0.239 e. The molecule has 0 aromatic rings. The minimum absolute atomic E-state index is 0.0353. The Kier molecular flexibility index (Phi) is 3.17. The Morgan fingerprint density at radius 1 is 1.50 bits per heavy atom. The van der Waals surface area contributed by atoms with E-state index in [0.717, 1.165) is 13.2 Å². The number of hydrogen-bond donors (Lipinski definition) is 2. The first kappa shape index (κ1) is 11.5. The number of amides is 1. The van der Waals surface area contributed by atoms with E-state index < -0.39 is 5.54 Å². The molecule has 2 N–H and O–H groups in total. The Labute approximate surface area is 85.4 Å². The van der Waals surface area contributed by atoms with Crippen molar-refractivity contribution in [2.45, 2.75) is 26.3 Å². The maximum Gasteiger partial charge on any atom is 0.239 e. The quantitative estimate of drug-likeness (QED) is 0.678. The lowest BCUT2D eigenvalue weighted by Crippen LogP contribution is -2.55. The van der Waals surface area contributed by atoms with Crippen LogP contribution in [0.4, 0.5) is 0 Å². The largest absolute Gasteiger partial charge is 0.380 e. The predicted molar refractivity (Wildman–Crippen MR) is 55.1 cm³/mol. The summed E-state index contributed by atoms with van der Waals surface area (Å²) in [6, 6.07) is 0. The number of nitrogens with one attached hydrogen (secondary N) is 2. The summed E-state index contributed by atoms with van der Waals surface area (Å²) >= 11 is 0. The van der Waals surface area contributed by atoms with E-state index in [1.807, 2.05) is 13.8 Å². The van der Waals surface area contributed by atoms with Crippen LogP contribution in [0, 0.1) is 5.41 Å². The third-order valence-electron chi connectivity index (χ3n) is 2.77. The fourth-order valence-corrected chi connectivity index (χ4v) is 1.18. The molecule has 0 bridgehead atoms. The molecule has 0 unspecified atom stereocenters. The minimum Gasteiger partial charge on any atom is -0.380 e. The van der Waals surface area contributed by atoms with Crippen LogP contribution >= 0.6 is 0 Å². The lowest BCUT2D eigenvalue weighted by molar-refractivity contribution is -0.131. The van der Waals surface area contributed by atoms with Crippen molar-refractivity contribution in [3.8, 4) is 0 Å². The van der Waals surface area contributed by atoms with E-state index in [1.165, 1.54) is 0 Å². The predicted octanol–water partition coefficient (Wildman–Crippen LogP) is 0.137. The van der Waals surface area contributed by atoms with Crippen molar-refractivity contribution >= 4 is 5.91 Å². The van der Waals surface area contributed by atoms with Gasteiger partial charge < -0.3 is 15.4 Å². The molecule has 1 rings (SSSR count).